The zero-order valence-electron chi connectivity index (χ0n) is 11.7. The predicted octanol–water partition coefficient (Wildman–Crippen LogP) is 2.53. The summed E-state index contributed by atoms with van der Waals surface area (Å²) in [6.07, 6.45) is 0.870. The van der Waals surface area contributed by atoms with Crippen molar-refractivity contribution in [1.82, 2.24) is 9.80 Å². The molecule has 0 radical (unpaired) electrons. The molecule has 5 heteroatoms. The highest BCUT2D eigenvalue weighted by Crippen LogP contribution is 2.15. The van der Waals surface area contributed by atoms with Gasteiger partial charge in [0.1, 0.15) is 5.82 Å². The Morgan fingerprint density at radius 3 is 2.58 bits per heavy atom. The number of thiol groups is 1. The highest BCUT2D eigenvalue weighted by atomic mass is 32.1. The maximum atomic E-state index is 13.7. The molecule has 0 spiro atoms. The SMILES string of the molecule is CCN(CCCN(C)C)C(=O)c1cc(S)ccc1F. The van der Waals surface area contributed by atoms with Gasteiger partial charge in [0, 0.05) is 18.0 Å². The van der Waals surface area contributed by atoms with E-state index in [0.29, 0.717) is 18.0 Å². The Hall–Kier alpha value is -1.07. The molecule has 0 aromatic heterocycles. The molecule has 0 aliphatic heterocycles. The van der Waals surface area contributed by atoms with Crippen molar-refractivity contribution in [1.29, 1.82) is 0 Å². The monoisotopic (exact) mass is 284 g/mol. The zero-order chi connectivity index (χ0) is 14.4. The summed E-state index contributed by atoms with van der Waals surface area (Å²) in [4.78, 5) is 16.6. The summed E-state index contributed by atoms with van der Waals surface area (Å²) in [5.41, 5.74) is 0.0965. The van der Waals surface area contributed by atoms with Crippen molar-refractivity contribution in [3.63, 3.8) is 0 Å². The highest BCUT2D eigenvalue weighted by molar-refractivity contribution is 7.80. The number of benzene rings is 1. The van der Waals surface area contributed by atoms with Gasteiger partial charge in [0.15, 0.2) is 0 Å². The molecular formula is C14H21FN2OS. The minimum absolute atomic E-state index is 0.0965. The summed E-state index contributed by atoms with van der Waals surface area (Å²) in [6.45, 7) is 4.00. The van der Waals surface area contributed by atoms with Crippen LogP contribution >= 0.6 is 12.6 Å². The van der Waals surface area contributed by atoms with Crippen LogP contribution < -0.4 is 0 Å². The molecule has 0 heterocycles. The molecule has 0 saturated heterocycles. The van der Waals surface area contributed by atoms with Crippen molar-refractivity contribution in [3.8, 4) is 0 Å². The van der Waals surface area contributed by atoms with Crippen molar-refractivity contribution in [2.24, 2.45) is 0 Å². The normalized spacial score (nSPS) is 10.8. The Morgan fingerprint density at radius 1 is 1.32 bits per heavy atom. The van der Waals surface area contributed by atoms with Gasteiger partial charge < -0.3 is 9.80 Å². The fourth-order valence-electron chi connectivity index (χ4n) is 1.83. The number of rotatable bonds is 6. The van der Waals surface area contributed by atoms with Crippen LogP contribution in [0, 0.1) is 5.82 Å². The molecule has 0 aliphatic carbocycles. The smallest absolute Gasteiger partial charge is 0.256 e. The summed E-state index contributed by atoms with van der Waals surface area (Å²) in [6, 6.07) is 4.30. The van der Waals surface area contributed by atoms with Crippen LogP contribution in [-0.4, -0.2) is 49.4 Å². The first-order chi connectivity index (χ1) is 8.95. The molecule has 0 saturated carbocycles. The van der Waals surface area contributed by atoms with Crippen molar-refractivity contribution < 1.29 is 9.18 Å². The zero-order valence-corrected chi connectivity index (χ0v) is 12.6. The maximum Gasteiger partial charge on any atom is 0.256 e. The largest absolute Gasteiger partial charge is 0.339 e. The fourth-order valence-corrected chi connectivity index (χ4v) is 2.03. The summed E-state index contributed by atoms with van der Waals surface area (Å²) < 4.78 is 13.7. The van der Waals surface area contributed by atoms with E-state index < -0.39 is 5.82 Å². The molecule has 1 amide bonds. The van der Waals surface area contributed by atoms with Gasteiger partial charge in [0.2, 0.25) is 0 Å². The molecule has 0 N–H and O–H groups in total. The van der Waals surface area contributed by atoms with Crippen molar-refractivity contribution in [2.45, 2.75) is 18.2 Å². The molecule has 1 rings (SSSR count). The minimum atomic E-state index is -0.492. The molecule has 0 unspecified atom stereocenters. The summed E-state index contributed by atoms with van der Waals surface area (Å²) in [5, 5.41) is 0. The van der Waals surface area contributed by atoms with Crippen molar-refractivity contribution >= 4 is 18.5 Å². The van der Waals surface area contributed by atoms with Crippen LogP contribution in [0.1, 0.15) is 23.7 Å². The number of hydrogen-bond acceptors (Lipinski definition) is 3. The van der Waals surface area contributed by atoms with Gasteiger partial charge in [-0.25, -0.2) is 4.39 Å². The molecule has 106 valence electrons. The van der Waals surface area contributed by atoms with Gasteiger partial charge in [-0.05, 0) is 52.2 Å². The molecule has 1 aromatic rings. The van der Waals surface area contributed by atoms with Gasteiger partial charge in [0.25, 0.3) is 5.91 Å². The third-order valence-corrected chi connectivity index (χ3v) is 3.16. The lowest BCUT2D eigenvalue weighted by atomic mass is 10.1. The fraction of sp³-hybridized carbons (Fsp3) is 0.500. The second kappa shape index (κ2) is 7.50. The van der Waals surface area contributed by atoms with Crippen molar-refractivity contribution in [3.05, 3.63) is 29.6 Å². The summed E-state index contributed by atoms with van der Waals surface area (Å²) in [5.74, 6) is -0.761. The number of carbonyl (C=O) groups is 1. The summed E-state index contributed by atoms with van der Waals surface area (Å²) >= 11 is 4.15. The van der Waals surface area contributed by atoms with E-state index >= 15 is 0 Å². The molecule has 0 fully saturated rings. The Morgan fingerprint density at radius 2 is 2.00 bits per heavy atom. The van der Waals surface area contributed by atoms with Gasteiger partial charge in [-0.1, -0.05) is 0 Å². The second-order valence-electron chi connectivity index (χ2n) is 4.71. The first kappa shape index (κ1) is 16.0. The first-order valence-electron chi connectivity index (χ1n) is 6.38. The standard InChI is InChI=1S/C14H21FN2OS/c1-4-17(9-5-8-16(2)3)14(18)12-10-11(19)6-7-13(12)15/h6-7,10,19H,4-5,8-9H2,1-3H3. The van der Waals surface area contributed by atoms with Crippen LogP contribution in [0.3, 0.4) is 0 Å². The lowest BCUT2D eigenvalue weighted by Gasteiger charge is -2.22. The van der Waals surface area contributed by atoms with Crippen molar-refractivity contribution in [2.75, 3.05) is 33.7 Å². The molecule has 3 nitrogen and oxygen atoms in total. The average Bonchev–Trinajstić information content (AvgIpc) is 2.36. The molecule has 1 aromatic carbocycles. The van der Waals surface area contributed by atoms with Crippen LogP contribution in [0.15, 0.2) is 23.1 Å². The van der Waals surface area contributed by atoms with Gasteiger partial charge in [-0.2, -0.15) is 0 Å². The Bertz CT molecular complexity index is 437. The Balaban J connectivity index is 2.75. The number of hydrogen-bond donors (Lipinski definition) is 1. The van der Waals surface area contributed by atoms with E-state index in [1.165, 1.54) is 18.2 Å². The molecule has 0 atom stereocenters. The van der Waals surface area contributed by atoms with E-state index in [4.69, 9.17) is 0 Å². The second-order valence-corrected chi connectivity index (χ2v) is 5.22. The quantitative estimate of drug-likeness (QED) is 0.812. The number of amides is 1. The first-order valence-corrected chi connectivity index (χ1v) is 6.83. The van der Waals surface area contributed by atoms with Gasteiger partial charge in [-0.3, -0.25) is 4.79 Å². The van der Waals surface area contributed by atoms with E-state index in [1.807, 2.05) is 21.0 Å². The Kier molecular flexibility index (Phi) is 6.31. The highest BCUT2D eigenvalue weighted by Gasteiger charge is 2.18. The van der Waals surface area contributed by atoms with Crippen LogP contribution in [-0.2, 0) is 0 Å². The van der Waals surface area contributed by atoms with Crippen LogP contribution in [0.5, 0.6) is 0 Å². The van der Waals surface area contributed by atoms with Gasteiger partial charge >= 0.3 is 0 Å². The van der Waals surface area contributed by atoms with E-state index in [9.17, 15) is 9.18 Å². The molecule has 0 bridgehead atoms. The van der Waals surface area contributed by atoms with E-state index in [0.717, 1.165) is 13.0 Å². The summed E-state index contributed by atoms with van der Waals surface area (Å²) in [7, 11) is 3.98. The molecule has 0 aliphatic rings. The number of nitrogens with zero attached hydrogens (tertiary/aromatic N) is 2. The minimum Gasteiger partial charge on any atom is -0.339 e. The lowest BCUT2D eigenvalue weighted by molar-refractivity contribution is 0.0754. The number of carbonyl (C=O) groups excluding carboxylic acids is 1. The van der Waals surface area contributed by atoms with Crippen LogP contribution in [0.2, 0.25) is 0 Å². The molecular weight excluding hydrogens is 263 g/mol. The van der Waals surface area contributed by atoms with E-state index in [1.54, 1.807) is 4.90 Å². The van der Waals surface area contributed by atoms with Gasteiger partial charge in [0.05, 0.1) is 5.56 Å². The molecule has 19 heavy (non-hydrogen) atoms. The van der Waals surface area contributed by atoms with E-state index in [-0.39, 0.29) is 11.5 Å². The third kappa shape index (κ3) is 4.84. The number of halogens is 1. The topological polar surface area (TPSA) is 23.6 Å². The van der Waals surface area contributed by atoms with Crippen LogP contribution in [0.4, 0.5) is 4.39 Å². The van der Waals surface area contributed by atoms with E-state index in [2.05, 4.69) is 17.5 Å². The average molecular weight is 284 g/mol. The van der Waals surface area contributed by atoms with Crippen LogP contribution in [0.25, 0.3) is 0 Å². The van der Waals surface area contributed by atoms with Gasteiger partial charge in [-0.15, -0.1) is 12.6 Å². The lowest BCUT2D eigenvalue weighted by Crippen LogP contribution is -2.33. The maximum absolute atomic E-state index is 13.7. The third-order valence-electron chi connectivity index (χ3n) is 2.88. The Labute approximate surface area is 119 Å². The predicted molar refractivity (Wildman–Crippen MR) is 78.4 cm³/mol.